The second-order valence-corrected chi connectivity index (χ2v) is 4.59. The van der Waals surface area contributed by atoms with E-state index in [-0.39, 0.29) is 0 Å². The van der Waals surface area contributed by atoms with Crippen LogP contribution in [0.2, 0.25) is 0 Å². The van der Waals surface area contributed by atoms with Crippen molar-refractivity contribution in [2.24, 2.45) is 0 Å². The molecule has 97 valence electrons. The van der Waals surface area contributed by atoms with E-state index in [9.17, 15) is 0 Å². The van der Waals surface area contributed by atoms with Crippen LogP contribution in [-0.2, 0) is 0 Å². The molecular formula is C19H15O. The Bertz CT molecular complexity index is 667. The highest BCUT2D eigenvalue weighted by atomic mass is 16.5. The summed E-state index contributed by atoms with van der Waals surface area (Å²) >= 11 is 0. The van der Waals surface area contributed by atoms with Gasteiger partial charge in [-0.2, -0.15) is 0 Å². The van der Waals surface area contributed by atoms with Gasteiger partial charge in [0.1, 0.15) is 5.75 Å². The molecule has 0 heterocycles. The molecule has 0 N–H and O–H groups in total. The topological polar surface area (TPSA) is 9.23 Å². The third-order valence-electron chi connectivity index (χ3n) is 3.36. The predicted octanol–water partition coefficient (Wildman–Crippen LogP) is 4.83. The molecule has 1 radical (unpaired) electrons. The molecule has 20 heavy (non-hydrogen) atoms. The van der Waals surface area contributed by atoms with Gasteiger partial charge in [0, 0.05) is 0 Å². The standard InChI is InChI=1S/C19H15O/c1-20-19-13-11-18(12-14-19)17-9-7-16(8-10-17)15-5-3-2-4-6-15/h3-14H,1H3. The lowest BCUT2D eigenvalue weighted by molar-refractivity contribution is 0.415. The molecule has 3 aromatic rings. The molecule has 3 rings (SSSR count). The fourth-order valence-corrected chi connectivity index (χ4v) is 2.22. The minimum absolute atomic E-state index is 0.880. The summed E-state index contributed by atoms with van der Waals surface area (Å²) in [5.41, 5.74) is 4.83. The van der Waals surface area contributed by atoms with Crippen LogP contribution < -0.4 is 4.74 Å². The lowest BCUT2D eigenvalue weighted by Gasteiger charge is -2.06. The summed E-state index contributed by atoms with van der Waals surface area (Å²) in [6, 6.07) is 27.8. The first-order valence-electron chi connectivity index (χ1n) is 6.58. The molecule has 0 saturated carbocycles. The normalized spacial score (nSPS) is 10.2. The second kappa shape index (κ2) is 5.62. The van der Waals surface area contributed by atoms with E-state index < -0.39 is 0 Å². The number of benzene rings is 3. The summed E-state index contributed by atoms with van der Waals surface area (Å²) in [5.74, 6) is 0.880. The van der Waals surface area contributed by atoms with E-state index >= 15 is 0 Å². The van der Waals surface area contributed by atoms with Crippen LogP contribution in [0.15, 0.2) is 72.8 Å². The van der Waals surface area contributed by atoms with Crippen LogP contribution in [0.1, 0.15) is 0 Å². The van der Waals surface area contributed by atoms with E-state index in [0.29, 0.717) is 0 Å². The Kier molecular flexibility index (Phi) is 3.51. The lowest BCUT2D eigenvalue weighted by Crippen LogP contribution is -1.83. The predicted molar refractivity (Wildman–Crippen MR) is 82.7 cm³/mol. The molecule has 0 amide bonds. The molecule has 0 spiro atoms. The zero-order chi connectivity index (χ0) is 13.8. The minimum Gasteiger partial charge on any atom is -0.497 e. The first-order valence-corrected chi connectivity index (χ1v) is 6.58. The first-order chi connectivity index (χ1) is 9.86. The Morgan fingerprint density at radius 2 is 1.00 bits per heavy atom. The van der Waals surface area contributed by atoms with Gasteiger partial charge >= 0.3 is 0 Å². The van der Waals surface area contributed by atoms with Gasteiger partial charge in [-0.05, 0) is 40.5 Å². The summed E-state index contributed by atoms with van der Waals surface area (Å²) in [6.07, 6.45) is 0. The maximum Gasteiger partial charge on any atom is 0.118 e. The van der Waals surface area contributed by atoms with Crippen molar-refractivity contribution in [1.29, 1.82) is 0 Å². The van der Waals surface area contributed by atoms with Gasteiger partial charge in [-0.15, -0.1) is 0 Å². The van der Waals surface area contributed by atoms with Gasteiger partial charge in [-0.1, -0.05) is 60.7 Å². The van der Waals surface area contributed by atoms with Gasteiger partial charge < -0.3 is 4.74 Å². The molecule has 0 unspecified atom stereocenters. The number of ether oxygens (including phenoxy) is 1. The van der Waals surface area contributed by atoms with E-state index in [4.69, 9.17) is 4.74 Å². The van der Waals surface area contributed by atoms with Gasteiger partial charge in [-0.3, -0.25) is 0 Å². The Balaban J connectivity index is 1.89. The van der Waals surface area contributed by atoms with Gasteiger partial charge in [0.25, 0.3) is 0 Å². The number of rotatable bonds is 3. The van der Waals surface area contributed by atoms with Gasteiger partial charge in [0.15, 0.2) is 0 Å². The number of hydrogen-bond donors (Lipinski definition) is 0. The SMILES string of the molecule is COc1ccc(-c2ccc(-c3cc[c]cc3)cc2)cc1. The Morgan fingerprint density at radius 3 is 1.45 bits per heavy atom. The van der Waals surface area contributed by atoms with Crippen LogP contribution >= 0.6 is 0 Å². The third kappa shape index (κ3) is 2.57. The van der Waals surface area contributed by atoms with Gasteiger partial charge in [0.2, 0.25) is 0 Å². The molecule has 0 atom stereocenters. The van der Waals surface area contributed by atoms with E-state index in [1.165, 1.54) is 22.3 Å². The van der Waals surface area contributed by atoms with Crippen molar-refractivity contribution >= 4 is 0 Å². The third-order valence-corrected chi connectivity index (χ3v) is 3.36. The molecule has 0 fully saturated rings. The van der Waals surface area contributed by atoms with Crippen LogP contribution in [-0.4, -0.2) is 7.11 Å². The van der Waals surface area contributed by atoms with Crippen LogP contribution in [0, 0.1) is 6.07 Å². The fraction of sp³-hybridized carbons (Fsp3) is 0.0526. The molecule has 0 bridgehead atoms. The highest BCUT2D eigenvalue weighted by Crippen LogP contribution is 2.25. The smallest absolute Gasteiger partial charge is 0.118 e. The lowest BCUT2D eigenvalue weighted by atomic mass is 10.0. The number of methoxy groups -OCH3 is 1. The number of hydrogen-bond acceptors (Lipinski definition) is 1. The highest BCUT2D eigenvalue weighted by Gasteiger charge is 2.00. The van der Waals surface area contributed by atoms with Crippen LogP contribution in [0.5, 0.6) is 5.75 Å². The van der Waals surface area contributed by atoms with Crippen molar-refractivity contribution < 1.29 is 4.74 Å². The van der Waals surface area contributed by atoms with Crippen molar-refractivity contribution in [3.63, 3.8) is 0 Å². The maximum absolute atomic E-state index is 5.18. The largest absolute Gasteiger partial charge is 0.497 e. The summed E-state index contributed by atoms with van der Waals surface area (Å²) in [6.45, 7) is 0. The van der Waals surface area contributed by atoms with Crippen molar-refractivity contribution in [1.82, 2.24) is 0 Å². The Labute approximate surface area is 119 Å². The van der Waals surface area contributed by atoms with Gasteiger partial charge in [-0.25, -0.2) is 0 Å². The molecule has 0 aliphatic rings. The summed E-state index contributed by atoms with van der Waals surface area (Å²) in [7, 11) is 1.68. The fourth-order valence-electron chi connectivity index (χ4n) is 2.22. The van der Waals surface area contributed by atoms with E-state index in [0.717, 1.165) is 5.75 Å². The van der Waals surface area contributed by atoms with E-state index in [1.807, 2.05) is 24.3 Å². The van der Waals surface area contributed by atoms with Crippen LogP contribution in [0.25, 0.3) is 22.3 Å². The van der Waals surface area contributed by atoms with E-state index in [1.54, 1.807) is 7.11 Å². The summed E-state index contributed by atoms with van der Waals surface area (Å²) < 4.78 is 5.18. The molecule has 0 aliphatic carbocycles. The van der Waals surface area contributed by atoms with Crippen molar-refractivity contribution in [2.45, 2.75) is 0 Å². The molecule has 0 aliphatic heterocycles. The van der Waals surface area contributed by atoms with Crippen LogP contribution in [0.3, 0.4) is 0 Å². The molecular weight excluding hydrogens is 244 g/mol. The van der Waals surface area contributed by atoms with Crippen molar-refractivity contribution in [2.75, 3.05) is 7.11 Å². The van der Waals surface area contributed by atoms with Crippen molar-refractivity contribution in [3.8, 4) is 28.0 Å². The monoisotopic (exact) mass is 259 g/mol. The molecule has 3 aromatic carbocycles. The maximum atomic E-state index is 5.18. The van der Waals surface area contributed by atoms with Crippen molar-refractivity contribution in [3.05, 3.63) is 78.9 Å². The molecule has 1 heteroatoms. The quantitative estimate of drug-likeness (QED) is 0.654. The Morgan fingerprint density at radius 1 is 0.600 bits per heavy atom. The molecule has 0 aromatic heterocycles. The highest BCUT2D eigenvalue weighted by molar-refractivity contribution is 5.70. The zero-order valence-corrected chi connectivity index (χ0v) is 11.3. The van der Waals surface area contributed by atoms with Crippen LogP contribution in [0.4, 0.5) is 0 Å². The summed E-state index contributed by atoms with van der Waals surface area (Å²) in [4.78, 5) is 0. The molecule has 1 nitrogen and oxygen atoms in total. The van der Waals surface area contributed by atoms with E-state index in [2.05, 4.69) is 54.6 Å². The average molecular weight is 259 g/mol. The Hall–Kier alpha value is -2.54. The van der Waals surface area contributed by atoms with Gasteiger partial charge in [0.05, 0.1) is 7.11 Å². The first kappa shape index (κ1) is 12.5. The second-order valence-electron chi connectivity index (χ2n) is 4.59. The average Bonchev–Trinajstić information content (AvgIpc) is 2.56. The zero-order valence-electron chi connectivity index (χ0n) is 11.3. The minimum atomic E-state index is 0.880. The summed E-state index contributed by atoms with van der Waals surface area (Å²) in [5, 5.41) is 0. The molecule has 0 saturated heterocycles.